The van der Waals surface area contributed by atoms with Gasteiger partial charge in [-0.05, 0) is 18.2 Å². The van der Waals surface area contributed by atoms with Crippen molar-refractivity contribution < 1.29 is 18.0 Å². The van der Waals surface area contributed by atoms with Crippen LogP contribution in [0.3, 0.4) is 0 Å². The first-order valence-corrected chi connectivity index (χ1v) is 5.75. The van der Waals surface area contributed by atoms with Gasteiger partial charge in [-0.2, -0.15) is 13.2 Å². The second-order valence-electron chi connectivity index (χ2n) is 3.39. The number of hydrogen-bond acceptors (Lipinski definition) is 5. The molecule has 1 aliphatic heterocycles. The molecule has 0 saturated carbocycles. The van der Waals surface area contributed by atoms with E-state index in [4.69, 9.17) is 0 Å². The van der Waals surface area contributed by atoms with Gasteiger partial charge >= 0.3 is 6.18 Å². The van der Waals surface area contributed by atoms with Gasteiger partial charge in [0, 0.05) is 6.21 Å². The Morgan fingerprint density at radius 1 is 1.37 bits per heavy atom. The number of anilines is 1. The van der Waals surface area contributed by atoms with Crippen molar-refractivity contribution in [1.82, 2.24) is 9.71 Å². The number of pyridine rings is 1. The molecular weight excluding hydrogens is 281 g/mol. The van der Waals surface area contributed by atoms with Crippen molar-refractivity contribution in [1.29, 1.82) is 0 Å². The number of rotatable bonds is 2. The number of alkyl halides is 3. The Hall–Kier alpha value is -2.03. The van der Waals surface area contributed by atoms with Gasteiger partial charge in [-0.15, -0.1) is 0 Å². The minimum Gasteiger partial charge on any atom is -0.306 e. The van der Waals surface area contributed by atoms with E-state index in [9.17, 15) is 18.0 Å². The lowest BCUT2D eigenvalue weighted by molar-refractivity contribution is -0.141. The van der Waals surface area contributed by atoms with E-state index >= 15 is 0 Å². The van der Waals surface area contributed by atoms with Crippen LogP contribution in [0, 0.1) is 0 Å². The lowest BCUT2D eigenvalue weighted by Gasteiger charge is -2.11. The third kappa shape index (κ3) is 3.47. The normalized spacial score (nSPS) is 14.6. The monoisotopic (exact) mass is 288 g/mol. The number of carbonyl (C=O) groups excluding carboxylic acids is 1. The fourth-order valence-corrected chi connectivity index (χ4v) is 1.65. The summed E-state index contributed by atoms with van der Waals surface area (Å²) in [5, 5.41) is 2.27. The zero-order chi connectivity index (χ0) is 13.9. The number of nitrogens with one attached hydrogen (secondary N) is 2. The lowest BCUT2D eigenvalue weighted by Crippen LogP contribution is -2.23. The van der Waals surface area contributed by atoms with E-state index in [0.717, 1.165) is 18.2 Å². The Morgan fingerprint density at radius 2 is 2.16 bits per heavy atom. The molecule has 0 bridgehead atoms. The molecule has 1 amide bonds. The summed E-state index contributed by atoms with van der Waals surface area (Å²) in [6.07, 6.45) is -1.75. The van der Waals surface area contributed by atoms with Crippen molar-refractivity contribution in [2.45, 2.75) is 6.18 Å². The Bertz CT molecular complexity index is 556. The highest BCUT2D eigenvalue weighted by molar-refractivity contribution is 7.96. The topological polar surface area (TPSA) is 66.4 Å². The molecule has 0 aromatic carbocycles. The third-order valence-electron chi connectivity index (χ3n) is 2.04. The van der Waals surface area contributed by atoms with E-state index in [1.165, 1.54) is 24.4 Å². The molecule has 2 N–H and O–H groups in total. The van der Waals surface area contributed by atoms with Crippen molar-refractivity contribution in [3.05, 3.63) is 35.7 Å². The van der Waals surface area contributed by atoms with E-state index in [-0.39, 0.29) is 11.5 Å². The fraction of sp³-hybridized carbons (Fsp3) is 0.100. The van der Waals surface area contributed by atoms with Gasteiger partial charge in [0.2, 0.25) is 0 Å². The first kappa shape index (κ1) is 13.4. The van der Waals surface area contributed by atoms with Gasteiger partial charge in [-0.1, -0.05) is 6.07 Å². The first-order valence-electron chi connectivity index (χ1n) is 4.98. The van der Waals surface area contributed by atoms with Crippen molar-refractivity contribution in [2.75, 3.05) is 5.32 Å². The molecule has 0 radical (unpaired) electrons. The van der Waals surface area contributed by atoms with E-state index in [2.05, 4.69) is 19.4 Å². The molecule has 1 aromatic heterocycles. The van der Waals surface area contributed by atoms with E-state index in [0.29, 0.717) is 0 Å². The highest BCUT2D eigenvalue weighted by Gasteiger charge is 2.32. The Kier molecular flexibility index (Phi) is 3.74. The summed E-state index contributed by atoms with van der Waals surface area (Å²) < 4.78 is 43.6. The smallest absolute Gasteiger partial charge is 0.306 e. The maximum Gasteiger partial charge on any atom is 0.433 e. The molecule has 1 aromatic rings. The maximum absolute atomic E-state index is 12.4. The molecule has 19 heavy (non-hydrogen) atoms. The van der Waals surface area contributed by atoms with Crippen molar-refractivity contribution in [3.63, 3.8) is 0 Å². The van der Waals surface area contributed by atoms with Gasteiger partial charge in [0.25, 0.3) is 5.91 Å². The number of aromatic nitrogens is 1. The molecular formula is C10H7F3N4OS. The van der Waals surface area contributed by atoms with Gasteiger partial charge < -0.3 is 10.0 Å². The minimum atomic E-state index is -4.55. The molecule has 1 aliphatic rings. The highest BCUT2D eigenvalue weighted by atomic mass is 32.2. The van der Waals surface area contributed by atoms with Crippen molar-refractivity contribution >= 4 is 30.1 Å². The van der Waals surface area contributed by atoms with Crippen LogP contribution in [0.5, 0.6) is 0 Å². The molecule has 2 heterocycles. The predicted octanol–water partition coefficient (Wildman–Crippen LogP) is 2.16. The lowest BCUT2D eigenvalue weighted by atomic mass is 10.3. The number of halogens is 3. The number of allylic oxidation sites excluding steroid dienone is 1. The summed E-state index contributed by atoms with van der Waals surface area (Å²) in [7, 11) is 0. The molecule has 2 rings (SSSR count). The Labute approximate surface area is 110 Å². The second-order valence-corrected chi connectivity index (χ2v) is 3.99. The van der Waals surface area contributed by atoms with Crippen LogP contribution in [0.15, 0.2) is 34.4 Å². The molecule has 0 unspecified atom stereocenters. The van der Waals surface area contributed by atoms with Gasteiger partial charge in [-0.3, -0.25) is 4.79 Å². The summed E-state index contributed by atoms with van der Waals surface area (Å²) in [6.45, 7) is 0. The number of hydrogen-bond donors (Lipinski definition) is 2. The molecule has 0 saturated heterocycles. The van der Waals surface area contributed by atoms with Crippen LogP contribution in [0.25, 0.3) is 0 Å². The highest BCUT2D eigenvalue weighted by Crippen LogP contribution is 2.28. The number of nitrogens with zero attached hydrogens (tertiary/aromatic N) is 2. The van der Waals surface area contributed by atoms with E-state index < -0.39 is 17.8 Å². The molecule has 0 fully saturated rings. The van der Waals surface area contributed by atoms with Crippen LogP contribution in [-0.4, -0.2) is 17.1 Å². The van der Waals surface area contributed by atoms with Crippen molar-refractivity contribution in [2.24, 2.45) is 4.40 Å². The first-order chi connectivity index (χ1) is 8.97. The van der Waals surface area contributed by atoms with Crippen LogP contribution in [0.1, 0.15) is 5.69 Å². The van der Waals surface area contributed by atoms with Crippen LogP contribution < -0.4 is 10.0 Å². The Morgan fingerprint density at radius 3 is 2.79 bits per heavy atom. The predicted molar refractivity (Wildman–Crippen MR) is 65.2 cm³/mol. The second kappa shape index (κ2) is 5.31. The van der Waals surface area contributed by atoms with Crippen LogP contribution in [0.2, 0.25) is 0 Å². The zero-order valence-electron chi connectivity index (χ0n) is 9.23. The number of amides is 1. The van der Waals surface area contributed by atoms with Crippen LogP contribution in [-0.2, 0) is 11.0 Å². The average Bonchev–Trinajstić information content (AvgIpc) is 2.39. The summed E-state index contributed by atoms with van der Waals surface area (Å²) in [6, 6.07) is 3.28. The SMILES string of the molecule is O=C(Nc1cccc(C(F)(F)F)n1)C1=CC=NSN1. The van der Waals surface area contributed by atoms with Gasteiger partial charge in [0.15, 0.2) is 0 Å². The summed E-state index contributed by atoms with van der Waals surface area (Å²) in [5.41, 5.74) is -0.883. The van der Waals surface area contributed by atoms with Crippen LogP contribution >= 0.6 is 12.1 Å². The minimum absolute atomic E-state index is 0.171. The molecule has 9 heteroatoms. The van der Waals surface area contributed by atoms with E-state index in [1.807, 2.05) is 0 Å². The fourth-order valence-electron chi connectivity index (χ4n) is 1.21. The molecule has 0 aliphatic carbocycles. The summed E-state index contributed by atoms with van der Waals surface area (Å²) in [5.74, 6) is -0.763. The Balaban J connectivity index is 2.13. The van der Waals surface area contributed by atoms with Gasteiger partial charge in [-0.25, -0.2) is 9.38 Å². The van der Waals surface area contributed by atoms with E-state index in [1.54, 1.807) is 0 Å². The van der Waals surface area contributed by atoms with Crippen LogP contribution in [0.4, 0.5) is 19.0 Å². The third-order valence-corrected chi connectivity index (χ3v) is 2.57. The quantitative estimate of drug-likeness (QED) is 0.818. The largest absolute Gasteiger partial charge is 0.433 e. The maximum atomic E-state index is 12.4. The van der Waals surface area contributed by atoms with Crippen molar-refractivity contribution in [3.8, 4) is 0 Å². The molecule has 100 valence electrons. The average molecular weight is 288 g/mol. The molecule has 0 atom stereocenters. The summed E-state index contributed by atoms with van der Waals surface area (Å²) >= 11 is 0.939. The van der Waals surface area contributed by atoms with Gasteiger partial charge in [0.05, 0.1) is 12.1 Å². The summed E-state index contributed by atoms with van der Waals surface area (Å²) in [4.78, 5) is 15.0. The molecule has 5 nitrogen and oxygen atoms in total. The van der Waals surface area contributed by atoms with Gasteiger partial charge in [0.1, 0.15) is 17.2 Å². The standard InChI is InChI=1S/C10H7F3N4OS/c11-10(12,13)7-2-1-3-8(15-7)16-9(18)6-4-5-14-19-17-6/h1-5,17H,(H,15,16,18). The molecule has 0 spiro atoms. The zero-order valence-corrected chi connectivity index (χ0v) is 10.0. The number of carbonyl (C=O) groups is 1.